The molecule has 24 heavy (non-hydrogen) atoms. The number of rotatable bonds is 4. The summed E-state index contributed by atoms with van der Waals surface area (Å²) in [5.74, 6) is 0.140. The van der Waals surface area contributed by atoms with Gasteiger partial charge in [-0.25, -0.2) is 8.42 Å². The van der Waals surface area contributed by atoms with Crippen molar-refractivity contribution in [3.8, 4) is 0 Å². The minimum absolute atomic E-state index is 0.0482. The van der Waals surface area contributed by atoms with Crippen molar-refractivity contribution in [2.45, 2.75) is 22.3 Å². The molecule has 126 valence electrons. The van der Waals surface area contributed by atoms with Gasteiger partial charge in [-0.05, 0) is 30.2 Å². The van der Waals surface area contributed by atoms with Gasteiger partial charge in [0.05, 0.1) is 27.5 Å². The zero-order valence-electron chi connectivity index (χ0n) is 12.7. The molecular formula is C17H16ClNO3S2. The Hall–Kier alpha value is -1.50. The van der Waals surface area contributed by atoms with Crippen molar-refractivity contribution in [2.75, 3.05) is 11.5 Å². The molecule has 0 aliphatic carbocycles. The van der Waals surface area contributed by atoms with Crippen molar-refractivity contribution in [2.24, 2.45) is 0 Å². The third-order valence-electron chi connectivity index (χ3n) is 3.84. The van der Waals surface area contributed by atoms with Crippen LogP contribution in [0, 0.1) is 0 Å². The molecule has 1 aliphatic rings. The molecule has 4 nitrogen and oxygen atoms in total. The quantitative estimate of drug-likeness (QED) is 0.824. The molecule has 1 N–H and O–H groups in total. The second kappa shape index (κ2) is 7.17. The average Bonchev–Trinajstić information content (AvgIpc) is 2.57. The SMILES string of the molecule is O=C(CSc1ccccc1Cl)NC1CCS(=O)(=O)c2ccccc21. The van der Waals surface area contributed by atoms with Gasteiger partial charge >= 0.3 is 0 Å². The van der Waals surface area contributed by atoms with Gasteiger partial charge in [0, 0.05) is 4.90 Å². The number of carbonyl (C=O) groups excluding carboxylic acids is 1. The number of carbonyl (C=O) groups is 1. The fraction of sp³-hybridized carbons (Fsp3) is 0.235. The first-order valence-electron chi connectivity index (χ1n) is 7.46. The van der Waals surface area contributed by atoms with Crippen molar-refractivity contribution in [1.29, 1.82) is 0 Å². The minimum atomic E-state index is -3.25. The molecule has 1 aliphatic heterocycles. The van der Waals surface area contributed by atoms with Gasteiger partial charge in [-0.2, -0.15) is 0 Å². The number of benzene rings is 2. The largest absolute Gasteiger partial charge is 0.348 e. The van der Waals surface area contributed by atoms with E-state index in [0.717, 1.165) is 4.90 Å². The van der Waals surface area contributed by atoms with Crippen LogP contribution in [0.25, 0.3) is 0 Å². The van der Waals surface area contributed by atoms with Crippen molar-refractivity contribution < 1.29 is 13.2 Å². The zero-order chi connectivity index (χ0) is 17.2. The van der Waals surface area contributed by atoms with Gasteiger partial charge in [0.2, 0.25) is 5.91 Å². The highest BCUT2D eigenvalue weighted by molar-refractivity contribution is 8.00. The number of amides is 1. The standard InChI is InChI=1S/C17H16ClNO3S2/c18-13-6-2-3-7-15(13)23-11-17(20)19-14-9-10-24(21,22)16-8-4-1-5-12(14)16/h1-8,14H,9-11H2,(H,19,20). The third kappa shape index (κ3) is 3.77. The highest BCUT2D eigenvalue weighted by Crippen LogP contribution is 2.32. The predicted octanol–water partition coefficient (Wildman–Crippen LogP) is 3.47. The van der Waals surface area contributed by atoms with Gasteiger partial charge in [-0.1, -0.05) is 41.9 Å². The molecule has 0 radical (unpaired) electrons. The molecule has 0 saturated heterocycles. The monoisotopic (exact) mass is 381 g/mol. The second-order valence-electron chi connectivity index (χ2n) is 5.48. The normalized spacial score (nSPS) is 18.6. The molecule has 3 rings (SSSR count). The topological polar surface area (TPSA) is 63.2 Å². The van der Waals surface area contributed by atoms with Crippen LogP contribution in [0.5, 0.6) is 0 Å². The summed E-state index contributed by atoms with van der Waals surface area (Å²) in [7, 11) is -3.25. The van der Waals surface area contributed by atoms with E-state index in [0.29, 0.717) is 21.9 Å². The number of fused-ring (bicyclic) bond motifs is 1. The van der Waals surface area contributed by atoms with Gasteiger partial charge in [-0.15, -0.1) is 11.8 Å². The first-order chi connectivity index (χ1) is 11.5. The van der Waals surface area contributed by atoms with Crippen LogP contribution in [-0.2, 0) is 14.6 Å². The van der Waals surface area contributed by atoms with E-state index >= 15 is 0 Å². The van der Waals surface area contributed by atoms with Crippen LogP contribution in [0.4, 0.5) is 0 Å². The van der Waals surface area contributed by atoms with Crippen LogP contribution in [0.15, 0.2) is 58.3 Å². The summed E-state index contributed by atoms with van der Waals surface area (Å²) in [6, 6.07) is 13.9. The highest BCUT2D eigenvalue weighted by Gasteiger charge is 2.30. The Labute approximate surface area is 150 Å². The summed E-state index contributed by atoms with van der Waals surface area (Å²) < 4.78 is 24.2. The molecule has 1 unspecified atom stereocenters. The molecular weight excluding hydrogens is 366 g/mol. The molecule has 0 spiro atoms. The smallest absolute Gasteiger partial charge is 0.230 e. The summed E-state index contributed by atoms with van der Waals surface area (Å²) in [5, 5.41) is 3.55. The zero-order valence-corrected chi connectivity index (χ0v) is 15.1. The molecule has 1 amide bonds. The fourth-order valence-corrected chi connectivity index (χ4v) is 5.35. The number of nitrogens with one attached hydrogen (secondary N) is 1. The van der Waals surface area contributed by atoms with Gasteiger partial charge in [-0.3, -0.25) is 4.79 Å². The Morgan fingerprint density at radius 3 is 2.67 bits per heavy atom. The number of hydrogen-bond donors (Lipinski definition) is 1. The molecule has 2 aromatic rings. The van der Waals surface area contributed by atoms with Crippen molar-refractivity contribution >= 4 is 39.1 Å². The van der Waals surface area contributed by atoms with E-state index in [-0.39, 0.29) is 23.5 Å². The number of thioether (sulfide) groups is 1. The van der Waals surface area contributed by atoms with Crippen LogP contribution < -0.4 is 5.32 Å². The Morgan fingerprint density at radius 1 is 1.17 bits per heavy atom. The maximum absolute atomic E-state index is 12.2. The summed E-state index contributed by atoms with van der Waals surface area (Å²) in [5.41, 5.74) is 0.667. The van der Waals surface area contributed by atoms with Crippen molar-refractivity contribution in [3.63, 3.8) is 0 Å². The van der Waals surface area contributed by atoms with E-state index in [4.69, 9.17) is 11.6 Å². The molecule has 1 atom stereocenters. The minimum Gasteiger partial charge on any atom is -0.348 e. The Balaban J connectivity index is 1.68. The number of halogens is 1. The van der Waals surface area contributed by atoms with E-state index in [1.165, 1.54) is 11.8 Å². The van der Waals surface area contributed by atoms with Crippen molar-refractivity contribution in [3.05, 3.63) is 59.1 Å². The van der Waals surface area contributed by atoms with Gasteiger partial charge < -0.3 is 5.32 Å². The molecule has 7 heteroatoms. The van der Waals surface area contributed by atoms with Crippen LogP contribution in [0.1, 0.15) is 18.0 Å². The molecule has 0 fully saturated rings. The summed E-state index contributed by atoms with van der Waals surface area (Å²) >= 11 is 7.44. The molecule has 2 aromatic carbocycles. The lowest BCUT2D eigenvalue weighted by molar-refractivity contribution is -0.119. The molecule has 1 heterocycles. The summed E-state index contributed by atoms with van der Waals surface area (Å²) in [6.07, 6.45) is 0.391. The Kier molecular flexibility index (Phi) is 5.18. The van der Waals surface area contributed by atoms with E-state index in [1.807, 2.05) is 18.2 Å². The maximum Gasteiger partial charge on any atom is 0.230 e. The van der Waals surface area contributed by atoms with Gasteiger partial charge in [0.1, 0.15) is 0 Å². The number of hydrogen-bond acceptors (Lipinski definition) is 4. The first-order valence-corrected chi connectivity index (χ1v) is 10.5. The van der Waals surface area contributed by atoms with E-state index in [2.05, 4.69) is 5.32 Å². The predicted molar refractivity (Wildman–Crippen MR) is 96.2 cm³/mol. The van der Waals surface area contributed by atoms with Crippen LogP contribution >= 0.6 is 23.4 Å². The van der Waals surface area contributed by atoms with Crippen LogP contribution in [0.3, 0.4) is 0 Å². The lowest BCUT2D eigenvalue weighted by Crippen LogP contribution is -2.34. The Bertz CT molecular complexity index is 868. The van der Waals surface area contributed by atoms with Gasteiger partial charge in [0.25, 0.3) is 0 Å². The Morgan fingerprint density at radius 2 is 1.88 bits per heavy atom. The van der Waals surface area contributed by atoms with Crippen LogP contribution in [-0.4, -0.2) is 25.8 Å². The van der Waals surface area contributed by atoms with Gasteiger partial charge in [0.15, 0.2) is 9.84 Å². The third-order valence-corrected chi connectivity index (χ3v) is 7.17. The summed E-state index contributed by atoms with van der Waals surface area (Å²) in [6.45, 7) is 0. The highest BCUT2D eigenvalue weighted by atomic mass is 35.5. The second-order valence-corrected chi connectivity index (χ2v) is 8.99. The van der Waals surface area contributed by atoms with Crippen LogP contribution in [0.2, 0.25) is 5.02 Å². The van der Waals surface area contributed by atoms with E-state index in [9.17, 15) is 13.2 Å². The number of sulfone groups is 1. The lowest BCUT2D eigenvalue weighted by atomic mass is 10.0. The van der Waals surface area contributed by atoms with Crippen molar-refractivity contribution in [1.82, 2.24) is 5.32 Å². The van der Waals surface area contributed by atoms with E-state index in [1.54, 1.807) is 30.3 Å². The van der Waals surface area contributed by atoms with E-state index < -0.39 is 9.84 Å². The molecule has 0 aromatic heterocycles. The first kappa shape index (κ1) is 17.3. The summed E-state index contributed by atoms with van der Waals surface area (Å²) in [4.78, 5) is 13.4. The maximum atomic E-state index is 12.2. The molecule has 0 saturated carbocycles. The lowest BCUT2D eigenvalue weighted by Gasteiger charge is -2.26. The average molecular weight is 382 g/mol. The molecule has 0 bridgehead atoms. The fourth-order valence-electron chi connectivity index (χ4n) is 2.68.